The van der Waals surface area contributed by atoms with Crippen LogP contribution in [0, 0.1) is 26.3 Å². The third-order valence-corrected chi connectivity index (χ3v) is 0.222. The van der Waals surface area contributed by atoms with Crippen molar-refractivity contribution in [3.8, 4) is 0 Å². The van der Waals surface area contributed by atoms with Crippen LogP contribution in [-0.4, -0.2) is 0 Å². The molecule has 0 aliphatic rings. The van der Waals surface area contributed by atoms with E-state index in [-0.39, 0.29) is 86.4 Å². The fourth-order valence-corrected chi connectivity index (χ4v) is 0. The van der Waals surface area contributed by atoms with E-state index >= 15 is 0 Å². The first kappa shape index (κ1) is 48.0. The van der Waals surface area contributed by atoms with Crippen LogP contribution < -0.4 is 0 Å². The van der Waals surface area contributed by atoms with Crippen LogP contribution in [0.15, 0.2) is 24.3 Å². The predicted molar refractivity (Wildman–Crippen MR) is 53.6 cm³/mol. The van der Waals surface area contributed by atoms with E-state index in [2.05, 4.69) is 0 Å². The second-order valence-electron chi connectivity index (χ2n) is 0.770. The molecule has 0 aromatic carbocycles. The van der Waals surface area contributed by atoms with Gasteiger partial charge >= 0.3 is 0 Å². The van der Waals surface area contributed by atoms with Crippen LogP contribution >= 0.6 is 0 Å². The maximum absolute atomic E-state index is 4.72. The van der Waals surface area contributed by atoms with Gasteiger partial charge in [-0.3, -0.25) is 4.70 Å². The summed E-state index contributed by atoms with van der Waals surface area (Å²) in [6, 6.07) is 0. The third-order valence-electron chi connectivity index (χ3n) is 0.222. The standard InChI is InChI=1S/2C4H4.2CH4.FH.2Y.H2/c2*1-3-4-2;;;;;;/h2*1-4H;2*1H4;1H;;;1H/q2*-2;;;;;;/i;;;;;;;1+1. The van der Waals surface area contributed by atoms with Crippen LogP contribution in [-0.2, 0) is 65.4 Å². The summed E-state index contributed by atoms with van der Waals surface area (Å²) in [5.74, 6) is 0. The average molecular weight is 337 g/mol. The fraction of sp³-hybridized carbons (Fsp3) is 0.200. The minimum atomic E-state index is 0. The number of allylic oxidation sites excluding steroid dienone is 4. The van der Waals surface area contributed by atoms with Crippen LogP contribution in [0.5, 0.6) is 0 Å². The molecule has 3 heteroatoms. The molecule has 0 aliphatic heterocycles. The van der Waals surface area contributed by atoms with E-state index in [1.807, 2.05) is 0 Å². The Labute approximate surface area is 135 Å². The van der Waals surface area contributed by atoms with Crippen molar-refractivity contribution in [1.29, 1.82) is 0 Å². The number of hydrogen-bond acceptors (Lipinski definition) is 0. The summed E-state index contributed by atoms with van der Waals surface area (Å²) in [6.07, 6.45) is 5.11. The Balaban J connectivity index is -0.00000000600. The molecule has 0 aromatic heterocycles. The molecule has 0 unspecified atom stereocenters. The van der Waals surface area contributed by atoms with E-state index in [4.69, 9.17) is 26.3 Å². The maximum Gasteiger partial charge on any atom is 0 e. The van der Waals surface area contributed by atoms with Crippen molar-refractivity contribution in [2.75, 3.05) is 0 Å². The predicted octanol–water partition coefficient (Wildman–Crippen LogP) is 3.60. The van der Waals surface area contributed by atoms with Gasteiger partial charge in [-0.05, 0) is 0 Å². The molecule has 0 bridgehead atoms. The minimum Gasteiger partial charge on any atom is -0.394 e. The third kappa shape index (κ3) is 168. The second-order valence-corrected chi connectivity index (χ2v) is 0.770. The van der Waals surface area contributed by atoms with Crippen LogP contribution in [0.25, 0.3) is 0 Å². The molecule has 0 amide bonds. The Bertz CT molecular complexity index is 72.1. The van der Waals surface area contributed by atoms with Crippen molar-refractivity contribution in [3.05, 3.63) is 50.6 Å². The van der Waals surface area contributed by atoms with E-state index in [0.717, 1.165) is 0 Å². The summed E-state index contributed by atoms with van der Waals surface area (Å²) < 4.78 is 0. The Morgan fingerprint density at radius 2 is 0.692 bits per heavy atom. The normalized spacial score (nSPS) is 3.08. The Kier molecular flexibility index (Phi) is 272. The van der Waals surface area contributed by atoms with Crippen molar-refractivity contribution >= 4 is 0 Å². The quantitative estimate of drug-likeness (QED) is 0.534. The van der Waals surface area contributed by atoms with E-state index in [0.29, 0.717) is 0 Å². The Morgan fingerprint density at radius 1 is 0.615 bits per heavy atom. The molecule has 13 heavy (non-hydrogen) atoms. The molecule has 0 atom stereocenters. The van der Waals surface area contributed by atoms with Gasteiger partial charge in [-0.1, -0.05) is 14.9 Å². The summed E-state index contributed by atoms with van der Waals surface area (Å²) >= 11 is 0. The van der Waals surface area contributed by atoms with Crippen molar-refractivity contribution in [3.63, 3.8) is 0 Å². The maximum atomic E-state index is 4.72. The van der Waals surface area contributed by atoms with Gasteiger partial charge in [0.2, 0.25) is 0 Å². The molecule has 0 nitrogen and oxygen atoms in total. The summed E-state index contributed by atoms with van der Waals surface area (Å²) in [5.41, 5.74) is 0. The molecule has 0 rings (SSSR count). The van der Waals surface area contributed by atoms with Gasteiger partial charge in [0.05, 0.1) is 0 Å². The summed E-state index contributed by atoms with van der Waals surface area (Å²) in [4.78, 5) is 0. The molecule has 0 aromatic rings. The topological polar surface area (TPSA) is 0 Å². The SMILES string of the molecule is C.C.F.[2HH].[CH-]=CC=[CH-].[CH-]=CC=[CH-].[Y].[Y]. The first-order valence-corrected chi connectivity index (χ1v) is 2.00. The fourth-order valence-electron chi connectivity index (χ4n) is 0. The van der Waals surface area contributed by atoms with Crippen LogP contribution in [0.4, 0.5) is 4.70 Å². The van der Waals surface area contributed by atoms with Gasteiger partial charge < -0.3 is 50.6 Å². The number of hydrogen-bond donors (Lipinski definition) is 0. The van der Waals surface area contributed by atoms with Crippen molar-refractivity contribution in [1.82, 2.24) is 0 Å². The second kappa shape index (κ2) is 73.8. The molecule has 0 saturated heterocycles. The molecule has 2 radical (unpaired) electrons. The first-order chi connectivity index (χ1) is 3.83. The molecule has 0 aliphatic carbocycles. The average Bonchev–Trinajstić information content (AvgIpc) is 1.88. The largest absolute Gasteiger partial charge is 0.394 e. The van der Waals surface area contributed by atoms with Crippen molar-refractivity contribution in [2.24, 2.45) is 0 Å². The van der Waals surface area contributed by atoms with Gasteiger partial charge in [0.25, 0.3) is 0 Å². The number of halogens is 1. The Morgan fingerprint density at radius 3 is 0.692 bits per heavy atom. The molecule has 0 fully saturated rings. The van der Waals surface area contributed by atoms with E-state index in [1.165, 1.54) is 24.3 Å². The van der Waals surface area contributed by atoms with Gasteiger partial charge in [0, 0.05) is 66.8 Å². The van der Waals surface area contributed by atoms with E-state index < -0.39 is 0 Å². The summed E-state index contributed by atoms with van der Waals surface area (Å²) in [5, 5.41) is 0. The van der Waals surface area contributed by atoms with E-state index in [9.17, 15) is 0 Å². The van der Waals surface area contributed by atoms with Gasteiger partial charge in [-0.2, -0.15) is 0 Å². The molecule has 76 valence electrons. The summed E-state index contributed by atoms with van der Waals surface area (Å²) in [7, 11) is 0. The molecule has 0 heterocycles. The molecular weight excluding hydrogens is 317 g/mol. The van der Waals surface area contributed by atoms with Crippen LogP contribution in [0.2, 0.25) is 0 Å². The van der Waals surface area contributed by atoms with Gasteiger partial charge in [0.15, 0.2) is 0 Å². The smallest absolute Gasteiger partial charge is 0 e. The molecular formula is C10H19FY2-4. The minimum absolute atomic E-state index is 0. The first-order valence-electron chi connectivity index (χ1n) is 2.00. The zero-order valence-corrected chi connectivity index (χ0v) is 11.9. The van der Waals surface area contributed by atoms with Crippen molar-refractivity contribution in [2.45, 2.75) is 14.9 Å². The van der Waals surface area contributed by atoms with Gasteiger partial charge in [0.1, 0.15) is 0 Å². The van der Waals surface area contributed by atoms with Gasteiger partial charge in [-0.25, -0.2) is 0 Å². The van der Waals surface area contributed by atoms with E-state index in [1.54, 1.807) is 0 Å². The zero-order valence-electron chi connectivity index (χ0n) is 6.18. The Hall–Kier alpha value is 1.10. The van der Waals surface area contributed by atoms with Crippen LogP contribution in [0.3, 0.4) is 0 Å². The molecule has 0 N–H and O–H groups in total. The van der Waals surface area contributed by atoms with Gasteiger partial charge in [-0.15, -0.1) is 0 Å². The number of rotatable bonds is 2. The van der Waals surface area contributed by atoms with Crippen molar-refractivity contribution < 1.29 is 71.5 Å². The molecule has 0 saturated carbocycles. The zero-order chi connectivity index (χ0) is 6.83. The summed E-state index contributed by atoms with van der Waals surface area (Å²) in [6.45, 7) is 18.9. The molecule has 0 spiro atoms. The monoisotopic (exact) mass is 337 g/mol. The van der Waals surface area contributed by atoms with Crippen LogP contribution in [0.1, 0.15) is 16.3 Å².